The topological polar surface area (TPSA) is 41.1 Å². The van der Waals surface area contributed by atoms with Gasteiger partial charge in [-0.2, -0.15) is 0 Å². The van der Waals surface area contributed by atoms with Crippen LogP contribution in [0.3, 0.4) is 0 Å². The van der Waals surface area contributed by atoms with Gasteiger partial charge in [0.25, 0.3) is 0 Å². The lowest BCUT2D eigenvalue weighted by Gasteiger charge is -2.13. The Hall–Kier alpha value is -0.710. The Kier molecular flexibility index (Phi) is 10.6. The van der Waals surface area contributed by atoms with Crippen molar-refractivity contribution in [3.8, 4) is 0 Å². The van der Waals surface area contributed by atoms with E-state index in [9.17, 15) is 4.79 Å². The average molecular weight is 317 g/mol. The monoisotopic (exact) mass is 316 g/mol. The number of aryl methyl sites for hydroxylation is 1. The second-order valence-electron chi connectivity index (χ2n) is 4.74. The highest BCUT2D eigenvalue weighted by atomic mass is 35.5. The molecule has 0 spiro atoms. The zero-order valence-corrected chi connectivity index (χ0v) is 14.1. The van der Waals surface area contributed by atoms with Gasteiger partial charge in [0, 0.05) is 18.3 Å². The molecule has 0 bridgehead atoms. The second kappa shape index (κ2) is 11.0. The third-order valence-corrected chi connectivity index (χ3v) is 3.75. The van der Waals surface area contributed by atoms with Crippen LogP contribution in [-0.4, -0.2) is 30.8 Å². The van der Waals surface area contributed by atoms with E-state index in [1.165, 1.54) is 11.1 Å². The van der Waals surface area contributed by atoms with Gasteiger partial charge in [-0.05, 0) is 26.0 Å². The van der Waals surface area contributed by atoms with Gasteiger partial charge in [-0.25, -0.2) is 0 Å². The predicted octanol–water partition coefficient (Wildman–Crippen LogP) is 2.76. The second-order valence-corrected chi connectivity index (χ2v) is 5.73. The van der Waals surface area contributed by atoms with E-state index in [1.54, 1.807) is 11.8 Å². The summed E-state index contributed by atoms with van der Waals surface area (Å²) in [6.45, 7) is 7.85. The number of halogens is 1. The molecule has 2 N–H and O–H groups in total. The fourth-order valence-corrected chi connectivity index (χ4v) is 2.61. The van der Waals surface area contributed by atoms with E-state index >= 15 is 0 Å². The number of carbonyl (C=O) groups is 1. The van der Waals surface area contributed by atoms with Crippen molar-refractivity contribution in [2.24, 2.45) is 0 Å². The number of rotatable bonds is 8. The Morgan fingerprint density at radius 3 is 2.80 bits per heavy atom. The van der Waals surface area contributed by atoms with Crippen LogP contribution in [0.25, 0.3) is 0 Å². The number of hydrogen-bond donors (Lipinski definition) is 2. The fourth-order valence-electron chi connectivity index (χ4n) is 1.80. The largest absolute Gasteiger partial charge is 0.354 e. The maximum atomic E-state index is 11.6. The third-order valence-electron chi connectivity index (χ3n) is 2.74. The molecular weight excluding hydrogens is 292 g/mol. The van der Waals surface area contributed by atoms with E-state index in [4.69, 9.17) is 0 Å². The highest BCUT2D eigenvalue weighted by Crippen LogP contribution is 2.13. The minimum atomic E-state index is 0. The molecule has 0 heterocycles. The van der Waals surface area contributed by atoms with Crippen LogP contribution in [0.4, 0.5) is 0 Å². The molecule has 0 aliphatic carbocycles. The molecule has 0 saturated heterocycles. The molecule has 1 aromatic carbocycles. The molecular formula is C15H25ClN2OS. The van der Waals surface area contributed by atoms with Gasteiger partial charge >= 0.3 is 0 Å². The Bertz CT molecular complexity index is 401. The van der Waals surface area contributed by atoms with Gasteiger partial charge in [0.1, 0.15) is 0 Å². The minimum Gasteiger partial charge on any atom is -0.354 e. The summed E-state index contributed by atoms with van der Waals surface area (Å²) in [5.41, 5.74) is 2.54. The van der Waals surface area contributed by atoms with Gasteiger partial charge in [-0.3, -0.25) is 4.79 Å². The lowest BCUT2D eigenvalue weighted by molar-refractivity contribution is -0.118. The first-order chi connectivity index (χ1) is 9.11. The number of nitrogens with one attached hydrogen (secondary N) is 2. The van der Waals surface area contributed by atoms with E-state index in [0.29, 0.717) is 18.3 Å². The van der Waals surface area contributed by atoms with Crippen LogP contribution in [0.2, 0.25) is 0 Å². The van der Waals surface area contributed by atoms with Crippen molar-refractivity contribution >= 4 is 30.1 Å². The SMILES string of the molecule is CCN[C@H](C)CNC(=O)CSCc1cccc(C)c1.Cl. The Morgan fingerprint density at radius 1 is 1.40 bits per heavy atom. The standard InChI is InChI=1S/C15H24N2OS.ClH/c1-4-16-13(3)9-17-15(18)11-19-10-14-7-5-6-12(2)8-14;/h5-8,13,16H,4,9-11H2,1-3H3,(H,17,18);1H/t13-;/m1./s1. The smallest absolute Gasteiger partial charge is 0.230 e. The first kappa shape index (κ1) is 19.3. The van der Waals surface area contributed by atoms with Crippen LogP contribution in [0.5, 0.6) is 0 Å². The van der Waals surface area contributed by atoms with Crippen LogP contribution in [0.1, 0.15) is 25.0 Å². The first-order valence-electron chi connectivity index (χ1n) is 6.75. The van der Waals surface area contributed by atoms with Gasteiger partial charge in [-0.1, -0.05) is 36.8 Å². The molecule has 20 heavy (non-hydrogen) atoms. The molecule has 5 heteroatoms. The van der Waals surface area contributed by atoms with E-state index < -0.39 is 0 Å². The van der Waals surface area contributed by atoms with Crippen LogP contribution >= 0.6 is 24.2 Å². The van der Waals surface area contributed by atoms with Crippen LogP contribution in [0, 0.1) is 6.92 Å². The van der Waals surface area contributed by atoms with Crippen molar-refractivity contribution in [1.82, 2.24) is 10.6 Å². The molecule has 0 saturated carbocycles. The first-order valence-corrected chi connectivity index (χ1v) is 7.90. The average Bonchev–Trinajstić information content (AvgIpc) is 2.37. The van der Waals surface area contributed by atoms with Gasteiger partial charge in [-0.15, -0.1) is 24.2 Å². The van der Waals surface area contributed by atoms with Crippen molar-refractivity contribution < 1.29 is 4.79 Å². The number of thioether (sulfide) groups is 1. The van der Waals surface area contributed by atoms with Crippen LogP contribution < -0.4 is 10.6 Å². The van der Waals surface area contributed by atoms with Crippen LogP contribution in [-0.2, 0) is 10.5 Å². The van der Waals surface area contributed by atoms with E-state index in [2.05, 4.69) is 55.7 Å². The van der Waals surface area contributed by atoms with Gasteiger partial charge < -0.3 is 10.6 Å². The zero-order valence-electron chi connectivity index (χ0n) is 12.4. The van der Waals surface area contributed by atoms with Crippen molar-refractivity contribution in [3.05, 3.63) is 35.4 Å². The van der Waals surface area contributed by atoms with Crippen molar-refractivity contribution in [2.75, 3.05) is 18.8 Å². The molecule has 0 aliphatic rings. The maximum Gasteiger partial charge on any atom is 0.230 e. The minimum absolute atomic E-state index is 0. The molecule has 3 nitrogen and oxygen atoms in total. The van der Waals surface area contributed by atoms with Gasteiger partial charge in [0.05, 0.1) is 5.75 Å². The van der Waals surface area contributed by atoms with Gasteiger partial charge in [0.2, 0.25) is 5.91 Å². The molecule has 0 unspecified atom stereocenters. The highest BCUT2D eigenvalue weighted by Gasteiger charge is 2.04. The molecule has 0 fully saturated rings. The lowest BCUT2D eigenvalue weighted by Crippen LogP contribution is -2.39. The molecule has 0 radical (unpaired) electrons. The summed E-state index contributed by atoms with van der Waals surface area (Å²) in [5.74, 6) is 1.52. The third kappa shape index (κ3) is 8.46. The summed E-state index contributed by atoms with van der Waals surface area (Å²) >= 11 is 1.66. The van der Waals surface area contributed by atoms with E-state index in [1.807, 2.05) is 0 Å². The Balaban J connectivity index is 0.00000361. The summed E-state index contributed by atoms with van der Waals surface area (Å²) in [5, 5.41) is 6.21. The van der Waals surface area contributed by atoms with Crippen molar-refractivity contribution in [1.29, 1.82) is 0 Å². The number of carbonyl (C=O) groups excluding carboxylic acids is 1. The zero-order chi connectivity index (χ0) is 14.1. The highest BCUT2D eigenvalue weighted by molar-refractivity contribution is 7.99. The molecule has 114 valence electrons. The molecule has 1 atom stereocenters. The Labute approximate surface area is 132 Å². The van der Waals surface area contributed by atoms with Crippen LogP contribution in [0.15, 0.2) is 24.3 Å². The number of amides is 1. The lowest BCUT2D eigenvalue weighted by atomic mass is 10.2. The molecule has 1 rings (SSSR count). The fraction of sp³-hybridized carbons (Fsp3) is 0.533. The normalized spacial score (nSPS) is 11.6. The number of benzene rings is 1. The number of hydrogen-bond acceptors (Lipinski definition) is 3. The summed E-state index contributed by atoms with van der Waals surface area (Å²) < 4.78 is 0. The molecule has 0 aromatic heterocycles. The summed E-state index contributed by atoms with van der Waals surface area (Å²) in [7, 11) is 0. The quantitative estimate of drug-likeness (QED) is 0.775. The molecule has 1 aromatic rings. The molecule has 1 amide bonds. The maximum absolute atomic E-state index is 11.6. The van der Waals surface area contributed by atoms with Crippen molar-refractivity contribution in [2.45, 2.75) is 32.6 Å². The predicted molar refractivity (Wildman–Crippen MR) is 90.7 cm³/mol. The summed E-state index contributed by atoms with van der Waals surface area (Å²) in [4.78, 5) is 11.6. The van der Waals surface area contributed by atoms with E-state index in [-0.39, 0.29) is 18.3 Å². The summed E-state index contributed by atoms with van der Waals surface area (Å²) in [6, 6.07) is 8.74. The Morgan fingerprint density at radius 2 is 2.15 bits per heavy atom. The summed E-state index contributed by atoms with van der Waals surface area (Å²) in [6.07, 6.45) is 0. The van der Waals surface area contributed by atoms with Crippen molar-refractivity contribution in [3.63, 3.8) is 0 Å². The van der Waals surface area contributed by atoms with E-state index in [0.717, 1.165) is 12.3 Å². The molecule has 0 aliphatic heterocycles. The number of likely N-dealkylation sites (N-methyl/N-ethyl adjacent to an activating group) is 1. The van der Waals surface area contributed by atoms with Gasteiger partial charge in [0.15, 0.2) is 0 Å².